The van der Waals surface area contributed by atoms with E-state index >= 15 is 0 Å². The number of carbonyl (C=O) groups excluding carboxylic acids is 2. The molecular weight excluding hydrogens is 318 g/mol. The van der Waals surface area contributed by atoms with Crippen LogP contribution in [0.25, 0.3) is 5.57 Å². The van der Waals surface area contributed by atoms with Crippen LogP contribution in [0.3, 0.4) is 0 Å². The van der Waals surface area contributed by atoms with Crippen LogP contribution >= 0.6 is 11.8 Å². The molecule has 120 valence electrons. The standard InChI is InChI=1S/C20H17NO2S/c1-3-13-21-19(22)17(15-11-9-14(2)10-12-15)18(20(21)23)24-16-7-5-4-6-8-16/h3-12H,1,13H2,2H3. The summed E-state index contributed by atoms with van der Waals surface area (Å²) in [6, 6.07) is 17.3. The lowest BCUT2D eigenvalue weighted by molar-refractivity contribution is -0.135. The van der Waals surface area contributed by atoms with Crippen LogP contribution in [0.4, 0.5) is 0 Å². The zero-order chi connectivity index (χ0) is 17.1. The fourth-order valence-electron chi connectivity index (χ4n) is 2.52. The van der Waals surface area contributed by atoms with Crippen molar-refractivity contribution < 1.29 is 9.59 Å². The van der Waals surface area contributed by atoms with Gasteiger partial charge in [-0.15, -0.1) is 6.58 Å². The minimum atomic E-state index is -0.262. The van der Waals surface area contributed by atoms with E-state index in [0.29, 0.717) is 10.5 Å². The Morgan fingerprint density at radius 3 is 2.29 bits per heavy atom. The quantitative estimate of drug-likeness (QED) is 0.611. The van der Waals surface area contributed by atoms with Crippen molar-refractivity contribution in [1.82, 2.24) is 4.90 Å². The van der Waals surface area contributed by atoms with Crippen molar-refractivity contribution in [3.05, 3.63) is 83.3 Å². The van der Waals surface area contributed by atoms with E-state index in [1.54, 1.807) is 6.08 Å². The van der Waals surface area contributed by atoms with Crippen molar-refractivity contribution >= 4 is 29.1 Å². The van der Waals surface area contributed by atoms with E-state index in [9.17, 15) is 9.59 Å². The zero-order valence-corrected chi connectivity index (χ0v) is 14.2. The fraction of sp³-hybridized carbons (Fsp3) is 0.100. The molecule has 3 nitrogen and oxygen atoms in total. The van der Waals surface area contributed by atoms with Gasteiger partial charge in [0.25, 0.3) is 11.8 Å². The van der Waals surface area contributed by atoms with Gasteiger partial charge in [-0.05, 0) is 24.6 Å². The Morgan fingerprint density at radius 1 is 1.00 bits per heavy atom. The molecule has 2 aromatic carbocycles. The number of benzene rings is 2. The number of nitrogens with zero attached hydrogens (tertiary/aromatic N) is 1. The first-order valence-electron chi connectivity index (χ1n) is 7.63. The number of hydrogen-bond donors (Lipinski definition) is 0. The van der Waals surface area contributed by atoms with Crippen molar-refractivity contribution in [2.24, 2.45) is 0 Å². The smallest absolute Gasteiger partial charge is 0.268 e. The molecule has 1 aliphatic rings. The average molecular weight is 335 g/mol. The van der Waals surface area contributed by atoms with E-state index in [0.717, 1.165) is 16.0 Å². The molecule has 0 aliphatic carbocycles. The molecule has 24 heavy (non-hydrogen) atoms. The lowest BCUT2D eigenvalue weighted by Crippen LogP contribution is -2.31. The van der Waals surface area contributed by atoms with Gasteiger partial charge in [0.2, 0.25) is 0 Å². The van der Waals surface area contributed by atoms with Crippen LogP contribution in [-0.4, -0.2) is 23.3 Å². The van der Waals surface area contributed by atoms with Gasteiger partial charge in [0, 0.05) is 11.4 Å². The lowest BCUT2D eigenvalue weighted by atomic mass is 10.0. The molecule has 2 aromatic rings. The Balaban J connectivity index is 2.08. The first-order valence-corrected chi connectivity index (χ1v) is 8.44. The third-order valence-corrected chi connectivity index (χ3v) is 4.83. The molecule has 0 aromatic heterocycles. The maximum Gasteiger partial charge on any atom is 0.268 e. The first-order chi connectivity index (χ1) is 11.6. The maximum absolute atomic E-state index is 12.8. The van der Waals surface area contributed by atoms with Gasteiger partial charge in [-0.25, -0.2) is 0 Å². The van der Waals surface area contributed by atoms with Gasteiger partial charge in [-0.1, -0.05) is 65.9 Å². The van der Waals surface area contributed by atoms with E-state index in [1.807, 2.05) is 61.5 Å². The van der Waals surface area contributed by atoms with Gasteiger partial charge < -0.3 is 0 Å². The van der Waals surface area contributed by atoms with E-state index < -0.39 is 0 Å². The Morgan fingerprint density at radius 2 is 1.67 bits per heavy atom. The number of carbonyl (C=O) groups is 2. The normalized spacial score (nSPS) is 14.5. The Hall–Kier alpha value is -2.59. The van der Waals surface area contributed by atoms with Gasteiger partial charge in [0.15, 0.2) is 0 Å². The summed E-state index contributed by atoms with van der Waals surface area (Å²) in [5.74, 6) is -0.522. The number of imide groups is 1. The second-order valence-electron chi connectivity index (χ2n) is 5.49. The van der Waals surface area contributed by atoms with Crippen LogP contribution in [0.15, 0.2) is 77.1 Å². The number of hydrogen-bond acceptors (Lipinski definition) is 3. The molecule has 1 heterocycles. The Bertz CT molecular complexity index is 822. The molecule has 0 fully saturated rings. The average Bonchev–Trinajstić information content (AvgIpc) is 2.82. The second kappa shape index (κ2) is 6.89. The minimum absolute atomic E-state index is 0.214. The molecular formula is C20H17NO2S. The van der Waals surface area contributed by atoms with Crippen molar-refractivity contribution in [3.8, 4) is 0 Å². The monoisotopic (exact) mass is 335 g/mol. The van der Waals surface area contributed by atoms with Gasteiger partial charge in [-0.3, -0.25) is 14.5 Å². The number of amides is 2. The van der Waals surface area contributed by atoms with E-state index in [4.69, 9.17) is 0 Å². The minimum Gasteiger partial charge on any atom is -0.270 e. The fourth-order valence-corrected chi connectivity index (χ4v) is 3.56. The number of thioether (sulfide) groups is 1. The molecule has 3 rings (SSSR count). The molecule has 0 radical (unpaired) electrons. The summed E-state index contributed by atoms with van der Waals surface area (Å²) in [5, 5.41) is 0. The van der Waals surface area contributed by atoms with Gasteiger partial charge in [0.05, 0.1) is 10.5 Å². The Kier molecular flexibility index (Phi) is 4.67. The molecule has 0 saturated heterocycles. The van der Waals surface area contributed by atoms with Gasteiger partial charge >= 0.3 is 0 Å². The summed E-state index contributed by atoms with van der Waals surface area (Å²) < 4.78 is 0. The highest BCUT2D eigenvalue weighted by atomic mass is 32.2. The van der Waals surface area contributed by atoms with Crippen molar-refractivity contribution in [2.45, 2.75) is 11.8 Å². The van der Waals surface area contributed by atoms with Crippen molar-refractivity contribution in [1.29, 1.82) is 0 Å². The molecule has 0 spiro atoms. The summed E-state index contributed by atoms with van der Waals surface area (Å²) >= 11 is 1.33. The lowest BCUT2D eigenvalue weighted by Gasteiger charge is -2.12. The maximum atomic E-state index is 12.8. The van der Waals surface area contributed by atoms with E-state index in [-0.39, 0.29) is 18.4 Å². The number of aryl methyl sites for hydroxylation is 1. The van der Waals surface area contributed by atoms with Crippen LogP contribution < -0.4 is 0 Å². The van der Waals surface area contributed by atoms with E-state index in [2.05, 4.69) is 6.58 Å². The molecule has 0 N–H and O–H groups in total. The van der Waals surface area contributed by atoms with Crippen LogP contribution in [0.1, 0.15) is 11.1 Å². The number of rotatable bonds is 5. The molecule has 0 atom stereocenters. The third kappa shape index (κ3) is 3.05. The SMILES string of the molecule is C=CCN1C(=O)C(Sc2ccccc2)=C(c2ccc(C)cc2)C1=O. The molecule has 4 heteroatoms. The molecule has 1 aliphatic heterocycles. The van der Waals surface area contributed by atoms with Crippen molar-refractivity contribution in [2.75, 3.05) is 6.54 Å². The van der Waals surface area contributed by atoms with Gasteiger partial charge in [-0.2, -0.15) is 0 Å². The molecule has 0 saturated carbocycles. The van der Waals surface area contributed by atoms with Crippen LogP contribution in [0, 0.1) is 6.92 Å². The molecule has 0 unspecified atom stereocenters. The predicted octanol–water partition coefficient (Wildman–Crippen LogP) is 4.05. The van der Waals surface area contributed by atoms with Gasteiger partial charge in [0.1, 0.15) is 0 Å². The van der Waals surface area contributed by atoms with Crippen LogP contribution in [0.5, 0.6) is 0 Å². The predicted molar refractivity (Wildman–Crippen MR) is 97.3 cm³/mol. The first kappa shape index (κ1) is 16.3. The highest BCUT2D eigenvalue weighted by Gasteiger charge is 2.38. The second-order valence-corrected chi connectivity index (χ2v) is 6.58. The van der Waals surface area contributed by atoms with Crippen LogP contribution in [0.2, 0.25) is 0 Å². The summed E-state index contributed by atoms with van der Waals surface area (Å²) in [5.41, 5.74) is 2.34. The summed E-state index contributed by atoms with van der Waals surface area (Å²) in [7, 11) is 0. The summed E-state index contributed by atoms with van der Waals surface area (Å²) in [6.07, 6.45) is 1.57. The Labute approximate surface area is 145 Å². The van der Waals surface area contributed by atoms with E-state index in [1.165, 1.54) is 16.7 Å². The zero-order valence-electron chi connectivity index (χ0n) is 13.4. The highest BCUT2D eigenvalue weighted by Crippen LogP contribution is 2.39. The van der Waals surface area contributed by atoms with Crippen LogP contribution in [-0.2, 0) is 9.59 Å². The molecule has 0 bridgehead atoms. The largest absolute Gasteiger partial charge is 0.270 e. The topological polar surface area (TPSA) is 37.4 Å². The van der Waals surface area contributed by atoms with Crippen molar-refractivity contribution in [3.63, 3.8) is 0 Å². The molecule has 2 amide bonds. The third-order valence-electron chi connectivity index (χ3n) is 3.74. The summed E-state index contributed by atoms with van der Waals surface area (Å²) in [6.45, 7) is 5.84. The summed E-state index contributed by atoms with van der Waals surface area (Å²) in [4.78, 5) is 28.2. The highest BCUT2D eigenvalue weighted by molar-refractivity contribution is 8.04.